The second kappa shape index (κ2) is 7.47. The van der Waals surface area contributed by atoms with Crippen LogP contribution in [0.25, 0.3) is 0 Å². The van der Waals surface area contributed by atoms with Gasteiger partial charge in [-0.2, -0.15) is 33.7 Å². The van der Waals surface area contributed by atoms with Crippen molar-refractivity contribution in [1.82, 2.24) is 0 Å². The highest BCUT2D eigenvalue weighted by molar-refractivity contribution is 7.99. The van der Waals surface area contributed by atoms with Crippen LogP contribution in [0.5, 0.6) is 0 Å². The summed E-state index contributed by atoms with van der Waals surface area (Å²) in [6.45, 7) is -0.911. The molecule has 0 atom stereocenters. The van der Waals surface area contributed by atoms with E-state index in [1.807, 2.05) is 11.8 Å². The fourth-order valence-electron chi connectivity index (χ4n) is 1.86. The average molecular weight is 320 g/mol. The molecule has 20 heavy (non-hydrogen) atoms. The van der Waals surface area contributed by atoms with E-state index in [1.165, 1.54) is 0 Å². The van der Waals surface area contributed by atoms with Gasteiger partial charge in [0.15, 0.2) is 0 Å². The van der Waals surface area contributed by atoms with Gasteiger partial charge >= 0.3 is 18.1 Å². The Bertz CT molecular complexity index is 313. The van der Waals surface area contributed by atoms with Crippen molar-refractivity contribution < 1.29 is 31.5 Å². The van der Waals surface area contributed by atoms with Crippen LogP contribution in [-0.2, 0) is 9.53 Å². The molecule has 1 rings (SSSR count). The summed E-state index contributed by atoms with van der Waals surface area (Å²) in [5.41, 5.74) is 0. The third-order valence-electron chi connectivity index (χ3n) is 3.19. The molecular weight excluding hydrogens is 303 g/mol. The number of thioether (sulfide) groups is 1. The predicted molar refractivity (Wildman–Crippen MR) is 65.9 cm³/mol. The fourth-order valence-corrected chi connectivity index (χ4v) is 3.07. The summed E-state index contributed by atoms with van der Waals surface area (Å²) in [6.07, 6.45) is -4.43. The molecular formula is C12H17F5O2S. The van der Waals surface area contributed by atoms with Crippen LogP contribution in [0.2, 0.25) is 0 Å². The number of rotatable bonds is 6. The third kappa shape index (κ3) is 5.85. The Morgan fingerprint density at radius 1 is 1.15 bits per heavy atom. The Morgan fingerprint density at radius 2 is 1.75 bits per heavy atom. The highest BCUT2D eigenvalue weighted by Crippen LogP contribution is 2.37. The number of carbonyl (C=O) groups excluding carboxylic acids is 1. The summed E-state index contributed by atoms with van der Waals surface area (Å²) in [5, 5.41) is 0. The van der Waals surface area contributed by atoms with E-state index >= 15 is 0 Å². The van der Waals surface area contributed by atoms with Crippen molar-refractivity contribution in [2.75, 3.05) is 18.1 Å². The van der Waals surface area contributed by atoms with Crippen LogP contribution < -0.4 is 0 Å². The van der Waals surface area contributed by atoms with E-state index in [1.54, 1.807) is 0 Å². The maximum absolute atomic E-state index is 12.5. The quantitative estimate of drug-likeness (QED) is 0.546. The Hall–Kier alpha value is -0.530. The number of alkyl halides is 5. The molecule has 0 spiro atoms. The molecule has 0 N–H and O–H groups in total. The normalized spacial score (nSPS) is 18.1. The van der Waals surface area contributed by atoms with Gasteiger partial charge in [-0.3, -0.25) is 4.79 Å². The summed E-state index contributed by atoms with van der Waals surface area (Å²) >= 11 is 1.85. The number of hydrogen-bond acceptors (Lipinski definition) is 3. The lowest BCUT2D eigenvalue weighted by molar-refractivity contribution is -0.286. The van der Waals surface area contributed by atoms with Gasteiger partial charge in [0, 0.05) is 6.42 Å². The molecule has 0 amide bonds. The van der Waals surface area contributed by atoms with Gasteiger partial charge in [0.1, 0.15) is 0 Å². The fraction of sp³-hybridized carbons (Fsp3) is 0.917. The van der Waals surface area contributed by atoms with Crippen molar-refractivity contribution in [1.29, 1.82) is 0 Å². The van der Waals surface area contributed by atoms with E-state index in [4.69, 9.17) is 0 Å². The van der Waals surface area contributed by atoms with Gasteiger partial charge < -0.3 is 4.74 Å². The lowest BCUT2D eigenvalue weighted by Crippen LogP contribution is -2.37. The Kier molecular flexibility index (Phi) is 6.54. The first kappa shape index (κ1) is 17.5. The van der Waals surface area contributed by atoms with Gasteiger partial charge in [-0.15, -0.1) is 0 Å². The van der Waals surface area contributed by atoms with Gasteiger partial charge in [-0.25, -0.2) is 0 Å². The second-order valence-corrected chi connectivity index (χ2v) is 5.99. The molecule has 0 aromatic carbocycles. The second-order valence-electron chi connectivity index (χ2n) is 4.77. The number of halogens is 5. The maximum atomic E-state index is 12.5. The average Bonchev–Trinajstić information content (AvgIpc) is 2.36. The van der Waals surface area contributed by atoms with Crippen molar-refractivity contribution >= 4 is 17.7 Å². The van der Waals surface area contributed by atoms with Gasteiger partial charge in [0.05, 0.1) is 13.0 Å². The molecule has 118 valence electrons. The zero-order valence-corrected chi connectivity index (χ0v) is 11.7. The van der Waals surface area contributed by atoms with Gasteiger partial charge in [-0.05, 0) is 36.7 Å². The third-order valence-corrected chi connectivity index (χ3v) is 4.24. The monoisotopic (exact) mass is 320 g/mol. The molecule has 0 aliphatic carbocycles. The van der Waals surface area contributed by atoms with E-state index < -0.39 is 31.1 Å². The standard InChI is InChI=1S/C12H17F5O2S/c13-11(14,12(15,16)17)5-6-19-10(18)2-1-9-3-7-20-8-4-9/h9H,1-8H2. The molecule has 0 aromatic heterocycles. The topological polar surface area (TPSA) is 26.3 Å². The molecule has 0 bridgehead atoms. The minimum absolute atomic E-state index is 0.0763. The van der Waals surface area contributed by atoms with Crippen LogP contribution in [0, 0.1) is 5.92 Å². The molecule has 0 saturated carbocycles. The number of carbonyl (C=O) groups is 1. The first-order chi connectivity index (χ1) is 9.22. The number of esters is 1. The Balaban J connectivity index is 2.17. The summed E-state index contributed by atoms with van der Waals surface area (Å²) in [5.74, 6) is -3.02. The van der Waals surface area contributed by atoms with Gasteiger partial charge in [0.25, 0.3) is 0 Å². The van der Waals surface area contributed by atoms with Gasteiger partial charge in [-0.1, -0.05) is 0 Å². The summed E-state index contributed by atoms with van der Waals surface area (Å²) < 4.78 is 65.1. The van der Waals surface area contributed by atoms with Crippen molar-refractivity contribution in [3.05, 3.63) is 0 Å². The van der Waals surface area contributed by atoms with Crippen molar-refractivity contribution in [3.63, 3.8) is 0 Å². The van der Waals surface area contributed by atoms with E-state index in [2.05, 4.69) is 4.74 Å². The SMILES string of the molecule is O=C(CCC1CCSCC1)OCCC(F)(F)C(F)(F)F. The molecule has 1 heterocycles. The summed E-state index contributed by atoms with van der Waals surface area (Å²) in [4.78, 5) is 11.3. The molecule has 1 saturated heterocycles. The smallest absolute Gasteiger partial charge is 0.453 e. The molecule has 1 aliphatic heterocycles. The van der Waals surface area contributed by atoms with Crippen LogP contribution in [0.15, 0.2) is 0 Å². The molecule has 0 radical (unpaired) electrons. The minimum Gasteiger partial charge on any atom is -0.465 e. The largest absolute Gasteiger partial charge is 0.465 e. The van der Waals surface area contributed by atoms with E-state index in [0.717, 1.165) is 24.3 Å². The molecule has 8 heteroatoms. The molecule has 0 aromatic rings. The Labute approximate surface area is 118 Å². The highest BCUT2D eigenvalue weighted by Gasteiger charge is 2.56. The van der Waals surface area contributed by atoms with Crippen molar-refractivity contribution in [2.24, 2.45) is 5.92 Å². The lowest BCUT2D eigenvalue weighted by Gasteiger charge is -2.21. The number of ether oxygens (including phenoxy) is 1. The van der Waals surface area contributed by atoms with Gasteiger partial charge in [0.2, 0.25) is 0 Å². The summed E-state index contributed by atoms with van der Waals surface area (Å²) in [6, 6.07) is 0. The first-order valence-corrected chi connectivity index (χ1v) is 7.56. The van der Waals surface area contributed by atoms with Crippen LogP contribution in [-0.4, -0.2) is 36.2 Å². The minimum atomic E-state index is -5.60. The molecule has 1 aliphatic rings. The summed E-state index contributed by atoms with van der Waals surface area (Å²) in [7, 11) is 0. The molecule has 2 nitrogen and oxygen atoms in total. The first-order valence-electron chi connectivity index (χ1n) is 6.40. The maximum Gasteiger partial charge on any atom is 0.453 e. The molecule has 1 fully saturated rings. The van der Waals surface area contributed by atoms with Crippen molar-refractivity contribution in [3.8, 4) is 0 Å². The van der Waals surface area contributed by atoms with E-state index in [9.17, 15) is 26.7 Å². The van der Waals surface area contributed by atoms with Crippen LogP contribution >= 0.6 is 11.8 Å². The van der Waals surface area contributed by atoms with Crippen molar-refractivity contribution in [2.45, 2.75) is 44.2 Å². The zero-order valence-electron chi connectivity index (χ0n) is 10.8. The Morgan fingerprint density at radius 3 is 2.30 bits per heavy atom. The lowest BCUT2D eigenvalue weighted by atomic mass is 9.97. The zero-order chi connectivity index (χ0) is 15.2. The van der Waals surface area contributed by atoms with E-state index in [-0.39, 0.29) is 6.42 Å². The number of hydrogen-bond donors (Lipinski definition) is 0. The van der Waals surface area contributed by atoms with E-state index in [0.29, 0.717) is 12.3 Å². The molecule has 0 unspecified atom stereocenters. The van der Waals surface area contributed by atoms with Crippen LogP contribution in [0.1, 0.15) is 32.1 Å². The van der Waals surface area contributed by atoms with Crippen LogP contribution in [0.4, 0.5) is 22.0 Å². The highest BCUT2D eigenvalue weighted by atomic mass is 32.2. The van der Waals surface area contributed by atoms with Crippen LogP contribution in [0.3, 0.4) is 0 Å². The predicted octanol–water partition coefficient (Wildman–Crippen LogP) is 4.04.